The zero-order chi connectivity index (χ0) is 14.2. The second-order valence-corrected chi connectivity index (χ2v) is 4.77. The highest BCUT2D eigenvalue weighted by atomic mass is 16.7. The molecule has 104 valence electrons. The number of amides is 1. The smallest absolute Gasteiger partial charge is 0.255 e. The predicted molar refractivity (Wildman–Crippen MR) is 78.8 cm³/mol. The molecule has 0 fully saturated rings. The molecule has 0 aliphatic carbocycles. The van der Waals surface area contributed by atoms with Gasteiger partial charge in [0, 0.05) is 22.7 Å². The van der Waals surface area contributed by atoms with Crippen molar-refractivity contribution in [2.75, 3.05) is 12.1 Å². The first-order valence-electron chi connectivity index (χ1n) is 6.58. The van der Waals surface area contributed by atoms with E-state index in [2.05, 4.69) is 10.3 Å². The van der Waals surface area contributed by atoms with Gasteiger partial charge in [0.15, 0.2) is 11.5 Å². The Labute approximate surface area is 120 Å². The van der Waals surface area contributed by atoms with Crippen molar-refractivity contribution in [1.29, 1.82) is 0 Å². The molecule has 1 aliphatic heterocycles. The Morgan fingerprint density at radius 2 is 2.10 bits per heavy atom. The minimum absolute atomic E-state index is 0.178. The summed E-state index contributed by atoms with van der Waals surface area (Å²) in [5, 5.41) is 3.86. The van der Waals surface area contributed by atoms with Gasteiger partial charge in [-0.25, -0.2) is 0 Å². The maximum atomic E-state index is 12.4. The van der Waals surface area contributed by atoms with Crippen LogP contribution in [-0.4, -0.2) is 17.7 Å². The third kappa shape index (κ3) is 1.99. The summed E-state index contributed by atoms with van der Waals surface area (Å²) in [4.78, 5) is 15.5. The summed E-state index contributed by atoms with van der Waals surface area (Å²) in [6, 6.07) is 12.9. The van der Waals surface area contributed by atoms with Crippen molar-refractivity contribution in [2.24, 2.45) is 0 Å². The molecule has 1 amide bonds. The topological polar surface area (TPSA) is 63.4 Å². The van der Waals surface area contributed by atoms with E-state index in [1.807, 2.05) is 36.5 Å². The molecule has 1 aromatic heterocycles. The van der Waals surface area contributed by atoms with Crippen LogP contribution in [0.15, 0.2) is 48.7 Å². The second-order valence-electron chi connectivity index (χ2n) is 4.77. The SMILES string of the molecule is O=C(Nc1cccc2c1OCO2)c1ccc2[nH]ccc2c1. The van der Waals surface area contributed by atoms with E-state index >= 15 is 0 Å². The van der Waals surface area contributed by atoms with Crippen LogP contribution in [0.4, 0.5) is 5.69 Å². The van der Waals surface area contributed by atoms with E-state index in [1.165, 1.54) is 0 Å². The summed E-state index contributed by atoms with van der Waals surface area (Å²) in [5.74, 6) is 1.05. The van der Waals surface area contributed by atoms with Crippen molar-refractivity contribution in [3.8, 4) is 11.5 Å². The highest BCUT2D eigenvalue weighted by Crippen LogP contribution is 2.38. The van der Waals surface area contributed by atoms with Gasteiger partial charge >= 0.3 is 0 Å². The fourth-order valence-corrected chi connectivity index (χ4v) is 2.42. The number of carbonyl (C=O) groups is 1. The van der Waals surface area contributed by atoms with Gasteiger partial charge in [0.05, 0.1) is 5.69 Å². The first-order valence-corrected chi connectivity index (χ1v) is 6.58. The van der Waals surface area contributed by atoms with Crippen molar-refractivity contribution in [1.82, 2.24) is 4.98 Å². The predicted octanol–water partition coefficient (Wildman–Crippen LogP) is 3.15. The number of carbonyl (C=O) groups excluding carboxylic acids is 1. The van der Waals surface area contributed by atoms with Crippen molar-refractivity contribution in [3.63, 3.8) is 0 Å². The Morgan fingerprint density at radius 3 is 3.05 bits per heavy atom. The van der Waals surface area contributed by atoms with E-state index in [0.717, 1.165) is 10.9 Å². The molecule has 0 radical (unpaired) electrons. The molecule has 2 heterocycles. The molecule has 3 aromatic rings. The molecule has 0 bridgehead atoms. The molecule has 21 heavy (non-hydrogen) atoms. The summed E-state index contributed by atoms with van der Waals surface area (Å²) in [6.07, 6.45) is 1.85. The van der Waals surface area contributed by atoms with Gasteiger partial charge < -0.3 is 19.8 Å². The monoisotopic (exact) mass is 280 g/mol. The highest BCUT2D eigenvalue weighted by Gasteiger charge is 2.19. The summed E-state index contributed by atoms with van der Waals surface area (Å²) < 4.78 is 10.7. The van der Waals surface area contributed by atoms with Crippen LogP contribution in [-0.2, 0) is 0 Å². The molecule has 0 saturated heterocycles. The summed E-state index contributed by atoms with van der Waals surface area (Å²) in [6.45, 7) is 0.178. The summed E-state index contributed by atoms with van der Waals surface area (Å²) >= 11 is 0. The lowest BCUT2D eigenvalue weighted by atomic mass is 10.1. The maximum absolute atomic E-state index is 12.4. The average Bonchev–Trinajstić information content (AvgIpc) is 3.15. The number of ether oxygens (including phenoxy) is 2. The van der Waals surface area contributed by atoms with Gasteiger partial charge in [0.2, 0.25) is 6.79 Å². The van der Waals surface area contributed by atoms with Gasteiger partial charge in [0.25, 0.3) is 5.91 Å². The molecule has 4 rings (SSSR count). The van der Waals surface area contributed by atoms with E-state index in [4.69, 9.17) is 9.47 Å². The van der Waals surface area contributed by atoms with Crippen molar-refractivity contribution >= 4 is 22.5 Å². The number of nitrogens with one attached hydrogen (secondary N) is 2. The van der Waals surface area contributed by atoms with Gasteiger partial charge in [-0.3, -0.25) is 4.79 Å². The van der Waals surface area contributed by atoms with Gasteiger partial charge in [-0.15, -0.1) is 0 Å². The number of aromatic amines is 1. The fraction of sp³-hybridized carbons (Fsp3) is 0.0625. The molecule has 0 atom stereocenters. The Hall–Kier alpha value is -2.95. The molecule has 2 N–H and O–H groups in total. The molecule has 2 aromatic carbocycles. The summed E-state index contributed by atoms with van der Waals surface area (Å²) in [5.41, 5.74) is 2.21. The van der Waals surface area contributed by atoms with Crippen molar-refractivity contribution in [3.05, 3.63) is 54.2 Å². The van der Waals surface area contributed by atoms with Gasteiger partial charge in [0.1, 0.15) is 0 Å². The minimum Gasteiger partial charge on any atom is -0.454 e. The lowest BCUT2D eigenvalue weighted by Gasteiger charge is -2.08. The normalized spacial score (nSPS) is 12.6. The number of para-hydroxylation sites is 1. The highest BCUT2D eigenvalue weighted by molar-refractivity contribution is 6.07. The first-order chi connectivity index (χ1) is 10.3. The zero-order valence-electron chi connectivity index (χ0n) is 11.1. The standard InChI is InChI=1S/C16H12N2O3/c19-16(11-4-5-12-10(8-11)6-7-17-12)18-13-2-1-3-14-15(13)21-9-20-14/h1-8,17H,9H2,(H,18,19). The van der Waals surface area contributed by atoms with Crippen LogP contribution < -0.4 is 14.8 Å². The number of anilines is 1. The lowest BCUT2D eigenvalue weighted by molar-refractivity contribution is 0.102. The molecular weight excluding hydrogens is 268 g/mol. The van der Waals surface area contributed by atoms with Crippen molar-refractivity contribution in [2.45, 2.75) is 0 Å². The van der Waals surface area contributed by atoms with E-state index in [9.17, 15) is 4.79 Å². The van der Waals surface area contributed by atoms with Crippen LogP contribution in [0.1, 0.15) is 10.4 Å². The Morgan fingerprint density at radius 1 is 1.14 bits per heavy atom. The fourth-order valence-electron chi connectivity index (χ4n) is 2.42. The molecular formula is C16H12N2O3. The molecule has 5 heteroatoms. The number of rotatable bonds is 2. The quantitative estimate of drug-likeness (QED) is 0.758. The first kappa shape index (κ1) is 11.8. The maximum Gasteiger partial charge on any atom is 0.255 e. The molecule has 5 nitrogen and oxygen atoms in total. The van der Waals surface area contributed by atoms with Crippen LogP contribution in [0.3, 0.4) is 0 Å². The largest absolute Gasteiger partial charge is 0.454 e. The second kappa shape index (κ2) is 4.56. The third-order valence-electron chi connectivity index (χ3n) is 3.46. The van der Waals surface area contributed by atoms with Gasteiger partial charge in [-0.05, 0) is 36.4 Å². The average molecular weight is 280 g/mol. The Kier molecular flexibility index (Phi) is 2.57. The van der Waals surface area contributed by atoms with Crippen LogP contribution in [0.2, 0.25) is 0 Å². The van der Waals surface area contributed by atoms with E-state index < -0.39 is 0 Å². The van der Waals surface area contributed by atoms with E-state index in [0.29, 0.717) is 22.7 Å². The summed E-state index contributed by atoms with van der Waals surface area (Å²) in [7, 11) is 0. The number of H-pyrrole nitrogens is 1. The number of benzene rings is 2. The zero-order valence-corrected chi connectivity index (χ0v) is 11.1. The molecule has 0 unspecified atom stereocenters. The van der Waals surface area contributed by atoms with Crippen molar-refractivity contribution < 1.29 is 14.3 Å². The lowest BCUT2D eigenvalue weighted by Crippen LogP contribution is -2.12. The van der Waals surface area contributed by atoms with Crippen LogP contribution in [0.5, 0.6) is 11.5 Å². The number of fused-ring (bicyclic) bond motifs is 2. The van der Waals surface area contributed by atoms with Crippen LogP contribution in [0.25, 0.3) is 10.9 Å². The van der Waals surface area contributed by atoms with Crippen LogP contribution >= 0.6 is 0 Å². The molecule has 0 saturated carbocycles. The Balaban J connectivity index is 1.65. The van der Waals surface area contributed by atoms with Crippen LogP contribution in [0, 0.1) is 0 Å². The number of hydrogen-bond donors (Lipinski definition) is 2. The van der Waals surface area contributed by atoms with Gasteiger partial charge in [-0.2, -0.15) is 0 Å². The number of hydrogen-bond acceptors (Lipinski definition) is 3. The third-order valence-corrected chi connectivity index (χ3v) is 3.46. The molecule has 0 spiro atoms. The number of aromatic nitrogens is 1. The Bertz CT molecular complexity index is 838. The minimum atomic E-state index is -0.179. The molecule has 1 aliphatic rings. The van der Waals surface area contributed by atoms with E-state index in [1.54, 1.807) is 12.1 Å². The van der Waals surface area contributed by atoms with E-state index in [-0.39, 0.29) is 12.7 Å². The van der Waals surface area contributed by atoms with Gasteiger partial charge in [-0.1, -0.05) is 6.07 Å².